The minimum atomic E-state index is -0.663. The number of hydrogen-bond donors (Lipinski definition) is 0. The van der Waals surface area contributed by atoms with E-state index >= 15 is 0 Å². The number of esters is 2. The summed E-state index contributed by atoms with van der Waals surface area (Å²) in [7, 11) is 2.93. The lowest BCUT2D eigenvalue weighted by Gasteiger charge is -2.09. The van der Waals surface area contributed by atoms with Crippen molar-refractivity contribution in [3.63, 3.8) is 0 Å². The predicted octanol–water partition coefficient (Wildman–Crippen LogP) is 4.51. The standard InChI is InChI=1S/C23H16ClNO7/c1-28-17-8-6-14(24)12-15(17)21-25-16(22(26)32-21)10-13-5-7-18(20(11-13)29-2)31-23(27)19-4-3-9-30-19/h3-12H,1-2H3/b16-10-. The summed E-state index contributed by atoms with van der Waals surface area (Å²) in [6.45, 7) is 0. The Kier molecular flexibility index (Phi) is 5.96. The topological polar surface area (TPSA) is 96.6 Å². The van der Waals surface area contributed by atoms with Gasteiger partial charge in [-0.3, -0.25) is 0 Å². The molecule has 162 valence electrons. The summed E-state index contributed by atoms with van der Waals surface area (Å²) >= 11 is 6.05. The zero-order chi connectivity index (χ0) is 22.7. The van der Waals surface area contributed by atoms with Crippen molar-refractivity contribution in [2.75, 3.05) is 14.2 Å². The van der Waals surface area contributed by atoms with E-state index in [2.05, 4.69) is 4.99 Å². The number of carbonyl (C=O) groups excluding carboxylic acids is 2. The van der Waals surface area contributed by atoms with E-state index < -0.39 is 11.9 Å². The molecule has 0 radical (unpaired) electrons. The lowest BCUT2D eigenvalue weighted by Crippen LogP contribution is -2.08. The first-order valence-electron chi connectivity index (χ1n) is 9.28. The number of cyclic esters (lactones) is 1. The van der Waals surface area contributed by atoms with Crippen LogP contribution in [0.25, 0.3) is 6.08 Å². The third-order valence-electron chi connectivity index (χ3n) is 4.43. The van der Waals surface area contributed by atoms with Gasteiger partial charge in [0.2, 0.25) is 11.7 Å². The van der Waals surface area contributed by atoms with Crippen LogP contribution in [0.1, 0.15) is 21.7 Å². The highest BCUT2D eigenvalue weighted by Gasteiger charge is 2.27. The van der Waals surface area contributed by atoms with Crippen LogP contribution < -0.4 is 14.2 Å². The quantitative estimate of drug-likeness (QED) is 0.307. The van der Waals surface area contributed by atoms with Gasteiger partial charge >= 0.3 is 11.9 Å². The van der Waals surface area contributed by atoms with Crippen molar-refractivity contribution in [2.24, 2.45) is 4.99 Å². The van der Waals surface area contributed by atoms with Crippen molar-refractivity contribution in [1.82, 2.24) is 0 Å². The molecule has 0 fully saturated rings. The summed E-state index contributed by atoms with van der Waals surface area (Å²) in [6, 6.07) is 12.8. The summed E-state index contributed by atoms with van der Waals surface area (Å²) in [5.41, 5.74) is 1.11. The molecular formula is C23H16ClNO7. The first kappa shape index (κ1) is 21.2. The van der Waals surface area contributed by atoms with E-state index in [1.807, 2.05) is 0 Å². The first-order valence-corrected chi connectivity index (χ1v) is 9.66. The minimum absolute atomic E-state index is 0.0604. The van der Waals surface area contributed by atoms with Crippen LogP contribution >= 0.6 is 11.6 Å². The molecule has 0 N–H and O–H groups in total. The molecule has 9 heteroatoms. The van der Waals surface area contributed by atoms with Crippen molar-refractivity contribution < 1.29 is 33.0 Å². The van der Waals surface area contributed by atoms with Gasteiger partial charge in [-0.1, -0.05) is 17.7 Å². The number of methoxy groups -OCH3 is 2. The second-order valence-corrected chi connectivity index (χ2v) is 6.89. The predicted molar refractivity (Wildman–Crippen MR) is 115 cm³/mol. The molecule has 0 bridgehead atoms. The highest BCUT2D eigenvalue weighted by Crippen LogP contribution is 2.31. The van der Waals surface area contributed by atoms with E-state index in [-0.39, 0.29) is 28.9 Å². The van der Waals surface area contributed by atoms with Gasteiger partial charge in [-0.25, -0.2) is 14.6 Å². The molecule has 8 nitrogen and oxygen atoms in total. The summed E-state index contributed by atoms with van der Waals surface area (Å²) in [4.78, 5) is 28.7. The van der Waals surface area contributed by atoms with Crippen molar-refractivity contribution in [2.45, 2.75) is 0 Å². The molecule has 0 saturated heterocycles. The normalized spacial score (nSPS) is 14.2. The summed E-state index contributed by atoms with van der Waals surface area (Å²) in [5, 5.41) is 0.446. The minimum Gasteiger partial charge on any atom is -0.496 e. The van der Waals surface area contributed by atoms with Crippen LogP contribution in [0.4, 0.5) is 0 Å². The van der Waals surface area contributed by atoms with Gasteiger partial charge < -0.3 is 23.4 Å². The lowest BCUT2D eigenvalue weighted by molar-refractivity contribution is -0.129. The molecule has 0 saturated carbocycles. The number of halogens is 1. The Labute approximate surface area is 187 Å². The van der Waals surface area contributed by atoms with Crippen LogP contribution in [0.15, 0.2) is 69.9 Å². The largest absolute Gasteiger partial charge is 0.496 e. The summed E-state index contributed by atoms with van der Waals surface area (Å²) in [5.74, 6) is -0.213. The molecule has 2 aromatic carbocycles. The lowest BCUT2D eigenvalue weighted by atomic mass is 10.1. The van der Waals surface area contributed by atoms with Gasteiger partial charge in [0.05, 0.1) is 26.0 Å². The van der Waals surface area contributed by atoms with Gasteiger partial charge in [-0.15, -0.1) is 0 Å². The average molecular weight is 454 g/mol. The molecule has 0 aliphatic carbocycles. The van der Waals surface area contributed by atoms with Crippen LogP contribution in [-0.2, 0) is 9.53 Å². The zero-order valence-corrected chi connectivity index (χ0v) is 17.7. The Hall–Kier alpha value is -4.04. The smallest absolute Gasteiger partial charge is 0.379 e. The van der Waals surface area contributed by atoms with E-state index in [1.165, 1.54) is 38.7 Å². The Morgan fingerprint density at radius 3 is 2.53 bits per heavy atom. The molecule has 0 amide bonds. The van der Waals surface area contributed by atoms with Gasteiger partial charge in [-0.2, -0.15) is 0 Å². The fourth-order valence-corrected chi connectivity index (χ4v) is 3.10. The van der Waals surface area contributed by atoms with Crippen molar-refractivity contribution >= 4 is 35.5 Å². The van der Waals surface area contributed by atoms with Gasteiger partial charge in [0.15, 0.2) is 17.2 Å². The summed E-state index contributed by atoms with van der Waals surface area (Å²) < 4.78 is 26.2. The maximum atomic E-state index is 12.4. The molecule has 1 aromatic heterocycles. The Morgan fingerprint density at radius 1 is 1.03 bits per heavy atom. The number of nitrogens with zero attached hydrogens (tertiary/aromatic N) is 1. The number of carbonyl (C=O) groups is 2. The molecule has 3 aromatic rings. The molecule has 32 heavy (non-hydrogen) atoms. The number of benzene rings is 2. The summed E-state index contributed by atoms with van der Waals surface area (Å²) in [6.07, 6.45) is 2.89. The van der Waals surface area contributed by atoms with E-state index in [9.17, 15) is 9.59 Å². The van der Waals surface area contributed by atoms with Crippen LogP contribution in [0.2, 0.25) is 5.02 Å². The van der Waals surface area contributed by atoms with Crippen molar-refractivity contribution in [3.8, 4) is 17.2 Å². The Morgan fingerprint density at radius 2 is 1.81 bits per heavy atom. The molecule has 4 rings (SSSR count). The highest BCUT2D eigenvalue weighted by molar-refractivity contribution is 6.31. The van der Waals surface area contributed by atoms with E-state index in [0.29, 0.717) is 21.9 Å². The van der Waals surface area contributed by atoms with Gasteiger partial charge in [0, 0.05) is 5.02 Å². The second-order valence-electron chi connectivity index (χ2n) is 6.46. The van der Waals surface area contributed by atoms with Crippen LogP contribution in [-0.4, -0.2) is 32.1 Å². The van der Waals surface area contributed by atoms with Gasteiger partial charge in [0.1, 0.15) is 5.75 Å². The molecular weight excluding hydrogens is 438 g/mol. The fraction of sp³-hybridized carbons (Fsp3) is 0.0870. The monoisotopic (exact) mass is 453 g/mol. The van der Waals surface area contributed by atoms with E-state index in [4.69, 9.17) is 35.0 Å². The van der Waals surface area contributed by atoms with Gasteiger partial charge in [-0.05, 0) is 54.1 Å². The third kappa shape index (κ3) is 4.35. The second kappa shape index (κ2) is 8.99. The number of furan rings is 1. The Bertz CT molecular complexity index is 1250. The number of aliphatic imine (C=N–C) groups is 1. The SMILES string of the molecule is COc1cc(/C=C2\N=C(c3cc(Cl)ccc3OC)OC2=O)ccc1OC(=O)c1ccco1. The first-order chi connectivity index (χ1) is 15.5. The molecule has 2 heterocycles. The molecule has 0 spiro atoms. The maximum Gasteiger partial charge on any atom is 0.379 e. The van der Waals surface area contributed by atoms with Crippen LogP contribution in [0, 0.1) is 0 Å². The van der Waals surface area contributed by atoms with Crippen molar-refractivity contribution in [3.05, 3.63) is 82.4 Å². The van der Waals surface area contributed by atoms with Gasteiger partial charge in [0.25, 0.3) is 0 Å². The van der Waals surface area contributed by atoms with E-state index in [0.717, 1.165) is 0 Å². The molecule has 1 aliphatic rings. The highest BCUT2D eigenvalue weighted by atomic mass is 35.5. The van der Waals surface area contributed by atoms with E-state index in [1.54, 1.807) is 36.4 Å². The third-order valence-corrected chi connectivity index (χ3v) is 4.66. The van der Waals surface area contributed by atoms with Crippen LogP contribution in [0.5, 0.6) is 17.2 Å². The fourth-order valence-electron chi connectivity index (χ4n) is 2.93. The van der Waals surface area contributed by atoms with Crippen molar-refractivity contribution in [1.29, 1.82) is 0 Å². The number of ether oxygens (including phenoxy) is 4. The molecule has 1 aliphatic heterocycles. The number of rotatable bonds is 6. The Balaban J connectivity index is 1.61. The molecule has 0 unspecified atom stereocenters. The zero-order valence-electron chi connectivity index (χ0n) is 17.0. The maximum absolute atomic E-state index is 12.4. The molecule has 0 atom stereocenters. The number of hydrogen-bond acceptors (Lipinski definition) is 8. The van der Waals surface area contributed by atoms with Crippen LogP contribution in [0.3, 0.4) is 0 Å². The average Bonchev–Trinajstić information content (AvgIpc) is 3.45.